The molecular formula is C19H17ClF3N3O4. The van der Waals surface area contributed by atoms with E-state index in [4.69, 9.17) is 16.3 Å². The van der Waals surface area contributed by atoms with Crippen LogP contribution in [0.2, 0.25) is 5.02 Å². The van der Waals surface area contributed by atoms with Crippen molar-refractivity contribution < 1.29 is 32.2 Å². The Morgan fingerprint density at radius 1 is 1.23 bits per heavy atom. The van der Waals surface area contributed by atoms with Crippen LogP contribution in [0.25, 0.3) is 0 Å². The van der Waals surface area contributed by atoms with E-state index in [1.54, 1.807) is 0 Å². The number of amides is 2. The zero-order valence-corrected chi connectivity index (χ0v) is 16.2. The number of nitrogens with zero attached hydrogens (tertiary/aromatic N) is 1. The third-order valence-corrected chi connectivity index (χ3v) is 3.80. The molecule has 0 radical (unpaired) electrons. The Kier molecular flexibility index (Phi) is 8.48. The standard InChI is InChI=1S/C19H17ClF3N3O4/c1-11(26-16(27)10-29-13-3-4-14(20)15(21)8-13)6-7-24-18(28)12-2-5-17(25-9-12)30-19(22)23/h2-5,8-9,19H,1,6-7,10H2,(H,24,28)(H,26,27). The normalized spacial score (nSPS) is 10.4. The van der Waals surface area contributed by atoms with Gasteiger partial charge in [-0.05, 0) is 18.2 Å². The number of nitrogens with one attached hydrogen (secondary N) is 2. The Morgan fingerprint density at radius 3 is 2.63 bits per heavy atom. The topological polar surface area (TPSA) is 89.5 Å². The van der Waals surface area contributed by atoms with E-state index in [-0.39, 0.29) is 41.8 Å². The molecule has 0 aliphatic carbocycles. The summed E-state index contributed by atoms with van der Waals surface area (Å²) in [5, 5.41) is 4.99. The second-order valence-corrected chi connectivity index (χ2v) is 6.19. The van der Waals surface area contributed by atoms with Crippen molar-refractivity contribution in [3.8, 4) is 11.6 Å². The Morgan fingerprint density at radius 2 is 2.00 bits per heavy atom. The lowest BCUT2D eigenvalue weighted by Gasteiger charge is -2.11. The summed E-state index contributed by atoms with van der Waals surface area (Å²) in [6.07, 6.45) is 1.33. The number of alkyl halides is 2. The fourth-order valence-corrected chi connectivity index (χ4v) is 2.23. The summed E-state index contributed by atoms with van der Waals surface area (Å²) in [7, 11) is 0. The molecule has 0 aliphatic rings. The number of pyridine rings is 1. The highest BCUT2D eigenvalue weighted by molar-refractivity contribution is 6.30. The first-order chi connectivity index (χ1) is 14.2. The van der Waals surface area contributed by atoms with Crippen molar-refractivity contribution in [2.45, 2.75) is 13.0 Å². The van der Waals surface area contributed by atoms with Crippen LogP contribution in [0, 0.1) is 5.82 Å². The third-order valence-electron chi connectivity index (χ3n) is 3.50. The van der Waals surface area contributed by atoms with Crippen LogP contribution in [-0.2, 0) is 4.79 Å². The molecule has 30 heavy (non-hydrogen) atoms. The Labute approximate surface area is 174 Å². The van der Waals surface area contributed by atoms with Gasteiger partial charge in [-0.2, -0.15) is 8.78 Å². The monoisotopic (exact) mass is 443 g/mol. The number of ether oxygens (including phenoxy) is 2. The van der Waals surface area contributed by atoms with Crippen LogP contribution < -0.4 is 20.1 Å². The van der Waals surface area contributed by atoms with Gasteiger partial charge in [0.2, 0.25) is 5.88 Å². The molecule has 0 atom stereocenters. The predicted molar refractivity (Wildman–Crippen MR) is 102 cm³/mol. The fourth-order valence-electron chi connectivity index (χ4n) is 2.12. The maximum absolute atomic E-state index is 13.3. The van der Waals surface area contributed by atoms with Crippen molar-refractivity contribution in [2.24, 2.45) is 0 Å². The van der Waals surface area contributed by atoms with Crippen molar-refractivity contribution in [1.82, 2.24) is 15.6 Å². The molecule has 2 amide bonds. The van der Waals surface area contributed by atoms with E-state index in [0.717, 1.165) is 18.3 Å². The van der Waals surface area contributed by atoms with Gasteiger partial charge in [-0.1, -0.05) is 18.2 Å². The molecule has 1 aromatic carbocycles. The SMILES string of the molecule is C=C(CCNC(=O)c1ccc(OC(F)F)nc1)NC(=O)COc1ccc(Cl)c(F)c1. The lowest BCUT2D eigenvalue weighted by atomic mass is 10.2. The summed E-state index contributed by atoms with van der Waals surface area (Å²) in [6, 6.07) is 6.21. The summed E-state index contributed by atoms with van der Waals surface area (Å²) >= 11 is 5.56. The van der Waals surface area contributed by atoms with Crippen LogP contribution in [-0.4, -0.2) is 36.6 Å². The molecule has 0 fully saturated rings. The number of hydrogen-bond donors (Lipinski definition) is 2. The summed E-state index contributed by atoms with van der Waals surface area (Å²) in [5.74, 6) is -1.83. The van der Waals surface area contributed by atoms with Gasteiger partial charge in [-0.15, -0.1) is 0 Å². The van der Waals surface area contributed by atoms with Gasteiger partial charge >= 0.3 is 6.61 Å². The molecule has 2 aromatic rings. The molecule has 0 saturated carbocycles. The van der Waals surface area contributed by atoms with E-state index in [2.05, 4.69) is 26.9 Å². The number of rotatable bonds is 10. The summed E-state index contributed by atoms with van der Waals surface area (Å²) in [6.45, 7) is 0.444. The fraction of sp³-hybridized carbons (Fsp3) is 0.211. The first kappa shape index (κ1) is 23.0. The highest BCUT2D eigenvalue weighted by atomic mass is 35.5. The van der Waals surface area contributed by atoms with E-state index in [1.165, 1.54) is 18.2 Å². The van der Waals surface area contributed by atoms with E-state index >= 15 is 0 Å². The molecule has 0 bridgehead atoms. The lowest BCUT2D eigenvalue weighted by Crippen LogP contribution is -2.31. The Balaban J connectivity index is 1.69. The minimum absolute atomic E-state index is 0.0598. The van der Waals surface area contributed by atoms with Gasteiger partial charge in [0.1, 0.15) is 11.6 Å². The molecule has 0 spiro atoms. The molecule has 0 aliphatic heterocycles. The number of carbonyl (C=O) groups excluding carboxylic acids is 2. The first-order valence-electron chi connectivity index (χ1n) is 8.49. The third kappa shape index (κ3) is 7.63. The second-order valence-electron chi connectivity index (χ2n) is 5.79. The summed E-state index contributed by atoms with van der Waals surface area (Å²) in [4.78, 5) is 27.4. The van der Waals surface area contributed by atoms with E-state index in [0.29, 0.717) is 5.70 Å². The molecule has 0 unspecified atom stereocenters. The van der Waals surface area contributed by atoms with Crippen LogP contribution in [0.5, 0.6) is 11.6 Å². The van der Waals surface area contributed by atoms with Crippen molar-refractivity contribution >= 4 is 23.4 Å². The zero-order chi connectivity index (χ0) is 22.1. The van der Waals surface area contributed by atoms with Crippen molar-refractivity contribution in [3.05, 3.63) is 65.2 Å². The van der Waals surface area contributed by atoms with Gasteiger partial charge in [0.25, 0.3) is 11.8 Å². The van der Waals surface area contributed by atoms with Gasteiger partial charge in [0.15, 0.2) is 6.61 Å². The molecule has 2 N–H and O–H groups in total. The van der Waals surface area contributed by atoms with Crippen LogP contribution in [0.3, 0.4) is 0 Å². The van der Waals surface area contributed by atoms with Gasteiger partial charge < -0.3 is 20.1 Å². The largest absolute Gasteiger partial charge is 0.484 e. The molecular weight excluding hydrogens is 427 g/mol. The lowest BCUT2D eigenvalue weighted by molar-refractivity contribution is -0.122. The highest BCUT2D eigenvalue weighted by Crippen LogP contribution is 2.20. The molecule has 7 nitrogen and oxygen atoms in total. The van der Waals surface area contributed by atoms with E-state index < -0.39 is 24.2 Å². The van der Waals surface area contributed by atoms with Crippen molar-refractivity contribution in [1.29, 1.82) is 0 Å². The summed E-state index contributed by atoms with van der Waals surface area (Å²) < 4.78 is 46.7. The quantitative estimate of drug-likeness (QED) is 0.588. The average molecular weight is 444 g/mol. The average Bonchev–Trinajstić information content (AvgIpc) is 2.69. The zero-order valence-electron chi connectivity index (χ0n) is 15.5. The van der Waals surface area contributed by atoms with Crippen molar-refractivity contribution in [2.75, 3.05) is 13.2 Å². The van der Waals surface area contributed by atoms with Gasteiger partial charge in [-0.25, -0.2) is 9.37 Å². The van der Waals surface area contributed by atoms with Gasteiger partial charge in [-0.3, -0.25) is 9.59 Å². The number of hydrogen-bond acceptors (Lipinski definition) is 5. The number of halogens is 4. The van der Waals surface area contributed by atoms with Gasteiger partial charge in [0.05, 0.1) is 10.6 Å². The molecule has 1 heterocycles. The first-order valence-corrected chi connectivity index (χ1v) is 8.87. The minimum Gasteiger partial charge on any atom is -0.484 e. The maximum atomic E-state index is 13.3. The van der Waals surface area contributed by atoms with Crippen LogP contribution >= 0.6 is 11.6 Å². The molecule has 1 aromatic heterocycles. The second kappa shape index (κ2) is 11.1. The molecule has 0 saturated heterocycles. The number of benzene rings is 1. The predicted octanol–water partition coefficient (Wildman–Crippen LogP) is 3.30. The molecule has 2 rings (SSSR count). The van der Waals surface area contributed by atoms with Crippen LogP contribution in [0.1, 0.15) is 16.8 Å². The van der Waals surface area contributed by atoms with Crippen LogP contribution in [0.4, 0.5) is 13.2 Å². The number of carbonyl (C=O) groups is 2. The van der Waals surface area contributed by atoms with Crippen molar-refractivity contribution in [3.63, 3.8) is 0 Å². The molecule has 11 heteroatoms. The number of aromatic nitrogens is 1. The smallest absolute Gasteiger partial charge is 0.388 e. The Hall–Kier alpha value is -3.27. The highest BCUT2D eigenvalue weighted by Gasteiger charge is 2.10. The van der Waals surface area contributed by atoms with Crippen LogP contribution in [0.15, 0.2) is 48.8 Å². The van der Waals surface area contributed by atoms with E-state index in [9.17, 15) is 22.8 Å². The van der Waals surface area contributed by atoms with Gasteiger partial charge in [0, 0.05) is 37.0 Å². The summed E-state index contributed by atoms with van der Waals surface area (Å²) in [5.41, 5.74) is 0.472. The Bertz CT molecular complexity index is 910. The minimum atomic E-state index is -3.00. The molecule has 160 valence electrons. The van der Waals surface area contributed by atoms with E-state index in [1.807, 2.05) is 0 Å². The maximum Gasteiger partial charge on any atom is 0.388 e.